The fourth-order valence-electron chi connectivity index (χ4n) is 10.8. The quantitative estimate of drug-likeness (QED) is 0.273. The Labute approximate surface area is 303 Å². The summed E-state index contributed by atoms with van der Waals surface area (Å²) >= 11 is 2.29. The van der Waals surface area contributed by atoms with Crippen LogP contribution in [-0.4, -0.2) is 145 Å². The van der Waals surface area contributed by atoms with Gasteiger partial charge in [0, 0.05) is 32.6 Å². The van der Waals surface area contributed by atoms with Crippen LogP contribution in [0.1, 0.15) is 25.0 Å². The van der Waals surface area contributed by atoms with Gasteiger partial charge in [-0.05, 0) is 41.7 Å². The standard InChI is InChI=1S/C35H42N6O8S2/c1-17(2)34(50-6)30(48)41-27-32(19-13-9-11-15-21(19)37-27,25(45)35(41,51-7)29(47)39(34)4)31-18-12-8-10-14-20(18)36-26(31)40-23(43)22(16-42)38(3)28(46)33(40,49-5)24(31)44/h8-15,17,22,24-27,36-37,42,44-45H,16H2,1-7H3/t22-,24+,25+,26-,27+,31-,32+,33-,34-,35-/m0/s1. The summed E-state index contributed by atoms with van der Waals surface area (Å²) in [4.78, 5) is 61.7. The summed E-state index contributed by atoms with van der Waals surface area (Å²) in [5.41, 5.74) is -3.98. The first kappa shape index (κ1) is 34.5. The number of aliphatic hydroxyl groups is 3. The van der Waals surface area contributed by atoms with Crippen molar-refractivity contribution in [3.8, 4) is 0 Å². The van der Waals surface area contributed by atoms with E-state index >= 15 is 9.59 Å². The number of nitrogens with zero attached hydrogens (tertiary/aromatic N) is 4. The molecule has 0 aromatic heterocycles. The highest BCUT2D eigenvalue weighted by molar-refractivity contribution is 8.01. The highest BCUT2D eigenvalue weighted by Gasteiger charge is 2.91. The second-order valence-electron chi connectivity index (χ2n) is 14.4. The van der Waals surface area contributed by atoms with Gasteiger partial charge in [0.05, 0.1) is 17.4 Å². The van der Waals surface area contributed by atoms with E-state index in [-0.39, 0.29) is 5.92 Å². The number of hydrogen-bond donors (Lipinski definition) is 5. The second kappa shape index (κ2) is 10.8. The number of carbonyl (C=O) groups is 4. The number of amides is 4. The van der Waals surface area contributed by atoms with Crippen LogP contribution in [0, 0.1) is 5.92 Å². The van der Waals surface area contributed by atoms with Gasteiger partial charge in [-0.25, -0.2) is 0 Å². The Balaban J connectivity index is 1.53. The number of fused-ring (bicyclic) bond motifs is 11. The van der Waals surface area contributed by atoms with Crippen LogP contribution in [0.2, 0.25) is 0 Å². The van der Waals surface area contributed by atoms with Crippen molar-refractivity contribution in [2.75, 3.05) is 51.0 Å². The Morgan fingerprint density at radius 2 is 1.33 bits per heavy atom. The lowest BCUT2D eigenvalue weighted by molar-refractivity contribution is -0.218. The molecule has 0 saturated carbocycles. The fourth-order valence-corrected chi connectivity index (χ4v) is 13.0. The van der Waals surface area contributed by atoms with Crippen molar-refractivity contribution in [2.24, 2.45) is 5.92 Å². The number of likely N-dealkylation sites (N-methyl/N-ethyl adjacent to an activating group) is 2. The average molecular weight is 739 g/mol. The molecule has 272 valence electrons. The predicted molar refractivity (Wildman–Crippen MR) is 190 cm³/mol. The summed E-state index contributed by atoms with van der Waals surface area (Å²) in [6.45, 7) is 3.06. The van der Waals surface area contributed by atoms with Crippen molar-refractivity contribution in [1.29, 1.82) is 0 Å². The molecule has 4 fully saturated rings. The molecule has 14 nitrogen and oxygen atoms in total. The number of rotatable bonds is 6. The molecule has 51 heavy (non-hydrogen) atoms. The van der Waals surface area contributed by atoms with Gasteiger partial charge in [-0.1, -0.05) is 50.2 Å². The molecule has 5 N–H and O–H groups in total. The molecule has 6 aliphatic rings. The first-order valence-corrected chi connectivity index (χ1v) is 19.3. The number of piperazine rings is 2. The van der Waals surface area contributed by atoms with Crippen molar-refractivity contribution in [3.05, 3.63) is 59.7 Å². The van der Waals surface area contributed by atoms with E-state index in [1.54, 1.807) is 62.0 Å². The van der Waals surface area contributed by atoms with Crippen LogP contribution >= 0.6 is 23.5 Å². The van der Waals surface area contributed by atoms with Crippen molar-refractivity contribution < 1.29 is 39.2 Å². The van der Waals surface area contributed by atoms with E-state index in [1.807, 2.05) is 19.9 Å². The lowest BCUT2D eigenvalue weighted by Crippen LogP contribution is -2.76. The summed E-state index contributed by atoms with van der Waals surface area (Å²) in [5.74, 6) is -2.70. The molecule has 10 atom stereocenters. The molecule has 4 amide bonds. The zero-order valence-corrected chi connectivity index (χ0v) is 30.9. The van der Waals surface area contributed by atoms with E-state index in [0.29, 0.717) is 22.5 Å². The van der Waals surface area contributed by atoms with Gasteiger partial charge in [-0.15, -0.1) is 23.5 Å². The molecule has 8 rings (SSSR count). The number of nitrogens with one attached hydrogen (secondary N) is 2. The summed E-state index contributed by atoms with van der Waals surface area (Å²) in [6.07, 6.45) is -2.62. The van der Waals surface area contributed by atoms with E-state index in [2.05, 4.69) is 10.6 Å². The van der Waals surface area contributed by atoms with E-state index in [4.69, 9.17) is 4.74 Å². The van der Waals surface area contributed by atoms with Gasteiger partial charge in [0.1, 0.15) is 30.6 Å². The largest absolute Gasteiger partial charge is 0.394 e. The van der Waals surface area contributed by atoms with Crippen LogP contribution in [0.4, 0.5) is 11.4 Å². The third kappa shape index (κ3) is 3.24. The van der Waals surface area contributed by atoms with E-state index in [9.17, 15) is 24.9 Å². The zero-order valence-electron chi connectivity index (χ0n) is 29.3. The number of thioether (sulfide) groups is 2. The summed E-state index contributed by atoms with van der Waals surface area (Å²) in [7, 11) is 4.19. The highest BCUT2D eigenvalue weighted by atomic mass is 32.2. The smallest absolute Gasteiger partial charge is 0.279 e. The molecule has 4 saturated heterocycles. The first-order chi connectivity index (χ1) is 24.3. The first-order valence-electron chi connectivity index (χ1n) is 16.8. The normalized spacial score (nSPS) is 40.6. The van der Waals surface area contributed by atoms with Crippen LogP contribution in [0.25, 0.3) is 0 Å². The monoisotopic (exact) mass is 738 g/mol. The molecule has 0 aliphatic carbocycles. The molecule has 0 bridgehead atoms. The number of carbonyl (C=O) groups excluding carboxylic acids is 4. The summed E-state index contributed by atoms with van der Waals surface area (Å²) in [6, 6.07) is 13.0. The maximum absolute atomic E-state index is 15.4. The summed E-state index contributed by atoms with van der Waals surface area (Å²) in [5, 5.41) is 44.2. The number of ether oxygens (including phenoxy) is 1. The fraction of sp³-hybridized carbons (Fsp3) is 0.543. The minimum Gasteiger partial charge on any atom is -0.394 e. The van der Waals surface area contributed by atoms with Crippen LogP contribution in [-0.2, 0) is 34.7 Å². The van der Waals surface area contributed by atoms with Gasteiger partial charge in [0.25, 0.3) is 29.4 Å². The molecule has 0 spiro atoms. The van der Waals surface area contributed by atoms with Crippen LogP contribution in [0.5, 0.6) is 0 Å². The minimum atomic E-state index is -2.33. The highest BCUT2D eigenvalue weighted by Crippen LogP contribution is 2.73. The van der Waals surface area contributed by atoms with E-state index in [0.717, 1.165) is 16.7 Å². The lowest BCUT2D eigenvalue weighted by atomic mass is 9.51. The predicted octanol–water partition coefficient (Wildman–Crippen LogP) is 0.194. The maximum Gasteiger partial charge on any atom is 0.279 e. The van der Waals surface area contributed by atoms with Crippen LogP contribution in [0.15, 0.2) is 48.5 Å². The Kier molecular flexibility index (Phi) is 7.29. The molecule has 0 radical (unpaired) electrons. The van der Waals surface area contributed by atoms with Gasteiger partial charge >= 0.3 is 0 Å². The van der Waals surface area contributed by atoms with Crippen molar-refractivity contribution >= 4 is 58.5 Å². The number of para-hydroxylation sites is 2. The van der Waals surface area contributed by atoms with Crippen molar-refractivity contribution in [2.45, 2.75) is 70.7 Å². The topological polar surface area (TPSA) is 175 Å². The lowest BCUT2D eigenvalue weighted by Gasteiger charge is -2.55. The molecule has 2 aromatic carbocycles. The zero-order chi connectivity index (χ0) is 36.8. The van der Waals surface area contributed by atoms with Gasteiger partial charge in [0.2, 0.25) is 0 Å². The SMILES string of the molecule is CO[C@@]12C(=O)N(C)[C@@H](CO)C(=O)N1[C@@H]1Nc3ccccc3[C@]1([C@@]13c4ccccc4N[C@@H]1N1C(=O)[C@@](SC)(C(C)C)N(C)C(=O)[C@@]1(SC)[C@@H]3O)[C@H]2O. The third-order valence-electron chi connectivity index (χ3n) is 12.9. The van der Waals surface area contributed by atoms with Gasteiger partial charge < -0.3 is 40.5 Å². The van der Waals surface area contributed by atoms with Crippen molar-refractivity contribution in [1.82, 2.24) is 19.6 Å². The molecule has 6 heterocycles. The Bertz CT molecular complexity index is 1900. The molecule has 2 aromatic rings. The molecule has 6 aliphatic heterocycles. The van der Waals surface area contributed by atoms with Crippen LogP contribution < -0.4 is 10.6 Å². The van der Waals surface area contributed by atoms with Gasteiger partial charge in [-0.3, -0.25) is 29.0 Å². The molecular formula is C35H42N6O8S2. The third-order valence-corrected chi connectivity index (χ3v) is 15.6. The number of aliphatic hydroxyl groups excluding tert-OH is 3. The average Bonchev–Trinajstić information content (AvgIpc) is 3.77. The summed E-state index contributed by atoms with van der Waals surface area (Å²) < 4.78 is 6.05. The van der Waals surface area contributed by atoms with Crippen LogP contribution in [0.3, 0.4) is 0 Å². The molecule has 16 heteroatoms. The number of benzene rings is 2. The second-order valence-corrected chi connectivity index (χ2v) is 16.5. The van der Waals surface area contributed by atoms with Gasteiger partial charge in [0.15, 0.2) is 9.74 Å². The van der Waals surface area contributed by atoms with Gasteiger partial charge in [-0.2, -0.15) is 0 Å². The Morgan fingerprint density at radius 1 is 0.804 bits per heavy atom. The van der Waals surface area contributed by atoms with E-state index in [1.165, 1.54) is 40.6 Å². The number of anilines is 2. The Hall–Kier alpha value is -3.54. The maximum atomic E-state index is 15.4. The number of methoxy groups -OCH3 is 1. The molecular weight excluding hydrogens is 697 g/mol. The van der Waals surface area contributed by atoms with E-state index < -0.39 is 87.1 Å². The minimum absolute atomic E-state index is 0.353. The molecule has 0 unspecified atom stereocenters. The Morgan fingerprint density at radius 3 is 1.82 bits per heavy atom. The number of hydrogen-bond acceptors (Lipinski definition) is 12. The van der Waals surface area contributed by atoms with Crippen molar-refractivity contribution in [3.63, 3.8) is 0 Å².